The Morgan fingerprint density at radius 3 is 3.09 bits per heavy atom. The third-order valence-electron chi connectivity index (χ3n) is 4.64. The molecule has 1 saturated heterocycles. The lowest BCUT2D eigenvalue weighted by Crippen LogP contribution is -2.35. The molecule has 23 heavy (non-hydrogen) atoms. The first-order chi connectivity index (χ1) is 11.2. The zero-order valence-electron chi connectivity index (χ0n) is 13.9. The van der Waals surface area contributed by atoms with Gasteiger partial charge in [0.1, 0.15) is 5.52 Å². The normalized spacial score (nSPS) is 19.0. The number of rotatable bonds is 4. The molecule has 6 nitrogen and oxygen atoms in total. The highest BCUT2D eigenvalue weighted by molar-refractivity contribution is 5.97. The fraction of sp³-hybridized carbons (Fsp3) is 0.588. The summed E-state index contributed by atoms with van der Waals surface area (Å²) in [5.74, 6) is 0.640. The summed E-state index contributed by atoms with van der Waals surface area (Å²) in [4.78, 5) is 14.9. The molecule has 3 rings (SSSR count). The number of hydrogen-bond donors (Lipinski definition) is 0. The van der Waals surface area contributed by atoms with Crippen molar-refractivity contribution in [2.75, 3.05) is 26.8 Å². The van der Waals surface area contributed by atoms with Crippen LogP contribution in [0.3, 0.4) is 0 Å². The molecule has 124 valence electrons. The molecule has 0 bridgehead atoms. The molecule has 0 spiro atoms. The van der Waals surface area contributed by atoms with Gasteiger partial charge >= 0.3 is 0 Å². The quantitative estimate of drug-likeness (QED) is 0.868. The summed E-state index contributed by atoms with van der Waals surface area (Å²) in [5, 5.41) is 8.06. The lowest BCUT2D eigenvalue weighted by molar-refractivity contribution is 0.0728. The van der Waals surface area contributed by atoms with E-state index in [2.05, 4.69) is 10.3 Å². The average Bonchev–Trinajstić information content (AvgIpc) is 2.80. The average molecular weight is 316 g/mol. The van der Waals surface area contributed by atoms with Gasteiger partial charge in [0.05, 0.1) is 5.52 Å². The fourth-order valence-corrected chi connectivity index (χ4v) is 3.28. The molecule has 1 unspecified atom stereocenters. The van der Waals surface area contributed by atoms with E-state index in [4.69, 9.17) is 4.74 Å². The van der Waals surface area contributed by atoms with Gasteiger partial charge in [-0.1, -0.05) is 11.6 Å². The Bertz CT molecular complexity index is 682. The molecular formula is C17H24N4O2. The number of aromatic nitrogens is 3. The van der Waals surface area contributed by atoms with Crippen LogP contribution in [0.4, 0.5) is 0 Å². The molecule has 1 aliphatic rings. The van der Waals surface area contributed by atoms with E-state index in [1.807, 2.05) is 30.1 Å². The van der Waals surface area contributed by atoms with E-state index < -0.39 is 0 Å². The predicted octanol–water partition coefficient (Wildman–Crippen LogP) is 2.25. The fourth-order valence-electron chi connectivity index (χ4n) is 3.28. The molecule has 0 radical (unpaired) electrons. The second-order valence-electron chi connectivity index (χ2n) is 6.31. The molecule has 0 aliphatic carbocycles. The number of likely N-dealkylation sites (tertiary alicyclic amines) is 1. The van der Waals surface area contributed by atoms with E-state index in [1.165, 1.54) is 12.8 Å². The van der Waals surface area contributed by atoms with E-state index in [1.54, 1.807) is 11.8 Å². The minimum atomic E-state index is 0.109. The summed E-state index contributed by atoms with van der Waals surface area (Å²) in [5.41, 5.74) is 2.43. The highest BCUT2D eigenvalue weighted by Crippen LogP contribution is 2.22. The highest BCUT2D eigenvalue weighted by Gasteiger charge is 2.23. The van der Waals surface area contributed by atoms with Crippen molar-refractivity contribution in [3.8, 4) is 0 Å². The molecule has 2 heterocycles. The van der Waals surface area contributed by atoms with Crippen LogP contribution < -0.4 is 0 Å². The summed E-state index contributed by atoms with van der Waals surface area (Å²) in [6.07, 6.45) is 4.45. The van der Waals surface area contributed by atoms with Crippen LogP contribution in [0.25, 0.3) is 11.0 Å². The minimum Gasteiger partial charge on any atom is -0.385 e. The lowest BCUT2D eigenvalue weighted by Gasteiger charge is -2.24. The van der Waals surface area contributed by atoms with Crippen molar-refractivity contribution in [1.82, 2.24) is 19.9 Å². The van der Waals surface area contributed by atoms with E-state index in [0.29, 0.717) is 5.92 Å². The third-order valence-corrected chi connectivity index (χ3v) is 4.64. The van der Waals surface area contributed by atoms with Gasteiger partial charge in [-0.25, -0.2) is 4.68 Å². The van der Waals surface area contributed by atoms with Crippen molar-refractivity contribution < 1.29 is 9.53 Å². The maximum atomic E-state index is 12.9. The van der Waals surface area contributed by atoms with E-state index in [9.17, 15) is 4.79 Å². The molecule has 2 aromatic rings. The second-order valence-corrected chi connectivity index (χ2v) is 6.31. The Morgan fingerprint density at radius 1 is 1.39 bits per heavy atom. The molecule has 1 aromatic carbocycles. The van der Waals surface area contributed by atoms with Crippen LogP contribution in [-0.2, 0) is 11.8 Å². The summed E-state index contributed by atoms with van der Waals surface area (Å²) >= 11 is 0. The number of carbonyl (C=O) groups excluding carboxylic acids is 1. The van der Waals surface area contributed by atoms with Crippen LogP contribution in [0.2, 0.25) is 0 Å². The van der Waals surface area contributed by atoms with Gasteiger partial charge in [-0.3, -0.25) is 4.79 Å². The molecular weight excluding hydrogens is 292 g/mol. The SMILES string of the molecule is COCCC1CCCCN(C(=O)c2ccc3nnn(C)c3c2)C1. The summed E-state index contributed by atoms with van der Waals surface area (Å²) in [6.45, 7) is 2.42. The van der Waals surface area contributed by atoms with E-state index >= 15 is 0 Å². The van der Waals surface area contributed by atoms with Crippen molar-refractivity contribution in [3.63, 3.8) is 0 Å². The monoisotopic (exact) mass is 316 g/mol. The van der Waals surface area contributed by atoms with E-state index in [0.717, 1.165) is 49.1 Å². The van der Waals surface area contributed by atoms with Crippen molar-refractivity contribution in [3.05, 3.63) is 23.8 Å². The number of amides is 1. The van der Waals surface area contributed by atoms with Gasteiger partial charge in [0.2, 0.25) is 0 Å². The Balaban J connectivity index is 1.77. The van der Waals surface area contributed by atoms with Gasteiger partial charge in [0, 0.05) is 39.4 Å². The van der Waals surface area contributed by atoms with Crippen LogP contribution in [-0.4, -0.2) is 52.6 Å². The van der Waals surface area contributed by atoms with Gasteiger partial charge in [0.25, 0.3) is 5.91 Å². The number of methoxy groups -OCH3 is 1. The zero-order valence-corrected chi connectivity index (χ0v) is 13.9. The first-order valence-corrected chi connectivity index (χ1v) is 8.26. The topological polar surface area (TPSA) is 60.2 Å². The van der Waals surface area contributed by atoms with Crippen molar-refractivity contribution >= 4 is 16.9 Å². The van der Waals surface area contributed by atoms with Crippen LogP contribution in [0.15, 0.2) is 18.2 Å². The van der Waals surface area contributed by atoms with Gasteiger partial charge in [0.15, 0.2) is 0 Å². The van der Waals surface area contributed by atoms with Crippen molar-refractivity contribution in [2.45, 2.75) is 25.7 Å². The van der Waals surface area contributed by atoms with Crippen molar-refractivity contribution in [2.24, 2.45) is 13.0 Å². The maximum Gasteiger partial charge on any atom is 0.253 e. The predicted molar refractivity (Wildman–Crippen MR) is 88.2 cm³/mol. The molecule has 1 amide bonds. The van der Waals surface area contributed by atoms with Crippen LogP contribution in [0.5, 0.6) is 0 Å². The number of fused-ring (bicyclic) bond motifs is 1. The Kier molecular flexibility index (Phi) is 4.91. The first-order valence-electron chi connectivity index (χ1n) is 8.26. The minimum absolute atomic E-state index is 0.109. The van der Waals surface area contributed by atoms with E-state index in [-0.39, 0.29) is 5.91 Å². The summed E-state index contributed by atoms with van der Waals surface area (Å²) < 4.78 is 6.90. The molecule has 0 N–H and O–H groups in total. The highest BCUT2D eigenvalue weighted by atomic mass is 16.5. The smallest absolute Gasteiger partial charge is 0.253 e. The third kappa shape index (κ3) is 3.52. The van der Waals surface area contributed by atoms with Crippen LogP contribution in [0, 0.1) is 5.92 Å². The Labute approximate surface area is 136 Å². The summed E-state index contributed by atoms with van der Waals surface area (Å²) in [6, 6.07) is 5.62. The lowest BCUT2D eigenvalue weighted by atomic mass is 10.00. The molecule has 1 atom stereocenters. The number of nitrogens with zero attached hydrogens (tertiary/aromatic N) is 4. The Morgan fingerprint density at radius 2 is 2.26 bits per heavy atom. The molecule has 1 aromatic heterocycles. The number of carbonyl (C=O) groups is 1. The molecule has 1 aliphatic heterocycles. The zero-order chi connectivity index (χ0) is 16.2. The number of aryl methyl sites for hydroxylation is 1. The standard InChI is InChI=1S/C17H24N4O2/c1-20-16-11-14(6-7-15(16)18-19-20)17(22)21-9-4-3-5-13(12-21)8-10-23-2/h6-7,11,13H,3-5,8-10,12H2,1-2H3. The number of benzene rings is 1. The molecule has 6 heteroatoms. The first kappa shape index (κ1) is 15.9. The molecule has 1 fully saturated rings. The van der Waals surface area contributed by atoms with Gasteiger partial charge < -0.3 is 9.64 Å². The van der Waals surface area contributed by atoms with Gasteiger partial charge in [-0.15, -0.1) is 5.10 Å². The summed E-state index contributed by atoms with van der Waals surface area (Å²) in [7, 11) is 3.58. The van der Waals surface area contributed by atoms with Crippen LogP contribution in [0.1, 0.15) is 36.0 Å². The maximum absolute atomic E-state index is 12.9. The Hall–Kier alpha value is -1.95. The van der Waals surface area contributed by atoms with Crippen molar-refractivity contribution in [1.29, 1.82) is 0 Å². The number of hydrogen-bond acceptors (Lipinski definition) is 4. The number of ether oxygens (including phenoxy) is 1. The largest absolute Gasteiger partial charge is 0.385 e. The molecule has 0 saturated carbocycles. The van der Waals surface area contributed by atoms with Crippen LogP contribution >= 0.6 is 0 Å². The van der Waals surface area contributed by atoms with Gasteiger partial charge in [-0.2, -0.15) is 0 Å². The second kappa shape index (κ2) is 7.08. The van der Waals surface area contributed by atoms with Gasteiger partial charge in [-0.05, 0) is 43.4 Å².